The second kappa shape index (κ2) is 14.3. The zero-order chi connectivity index (χ0) is 35.4. The maximum absolute atomic E-state index is 14.1. The fraction of sp³-hybridized carbons (Fsp3) is 0.237. The van der Waals surface area contributed by atoms with Crippen molar-refractivity contribution in [2.45, 2.75) is 32.0 Å². The first-order valence-corrected chi connectivity index (χ1v) is 16.2. The standard InChI is InChI=1S/C38H36N4O8/c1-26(8-7-13-35(44)39(20-21-43)23-27-9-3-2-4-10-27)38(47)31-22-30(42(48)49)18-19-32(31)40(37(38)46)24-28-14-16-29(17-15-28)41-33-11-5-6-12-34(33)50-25-36(41)45/h2-12,14-19,22,26,43,47H,13,20-21,23-25H2,1H3/b8-7+/t26-,38+/m0/s1. The van der Waals surface area contributed by atoms with E-state index in [1.54, 1.807) is 60.4 Å². The number of rotatable bonds is 12. The highest BCUT2D eigenvalue weighted by molar-refractivity contribution is 6.07. The summed E-state index contributed by atoms with van der Waals surface area (Å²) in [6.07, 6.45) is 3.08. The van der Waals surface area contributed by atoms with E-state index in [4.69, 9.17) is 4.74 Å². The van der Waals surface area contributed by atoms with E-state index in [0.29, 0.717) is 34.9 Å². The Balaban J connectivity index is 1.22. The molecule has 0 fully saturated rings. The lowest BCUT2D eigenvalue weighted by atomic mass is 9.82. The molecule has 50 heavy (non-hydrogen) atoms. The van der Waals surface area contributed by atoms with Crippen LogP contribution >= 0.6 is 0 Å². The minimum Gasteiger partial charge on any atom is -0.482 e. The lowest BCUT2D eigenvalue weighted by Crippen LogP contribution is -2.44. The quantitative estimate of drug-likeness (QED) is 0.121. The average molecular weight is 677 g/mol. The molecule has 6 rings (SSSR count). The van der Waals surface area contributed by atoms with Crippen LogP contribution in [0.3, 0.4) is 0 Å². The Kier molecular flexibility index (Phi) is 9.75. The van der Waals surface area contributed by atoms with E-state index < -0.39 is 22.3 Å². The maximum Gasteiger partial charge on any atom is 0.269 e. The zero-order valence-electron chi connectivity index (χ0n) is 27.3. The number of hydrogen-bond donors (Lipinski definition) is 2. The lowest BCUT2D eigenvalue weighted by Gasteiger charge is -2.29. The molecule has 2 atom stereocenters. The SMILES string of the molecule is C[C@@H](/C=C/CC(=O)N(CCO)Cc1ccccc1)[C@]1(O)C(=O)N(Cc2ccc(N3C(=O)COc4ccccc43)cc2)c2ccc([N+](=O)[O-])cc21. The van der Waals surface area contributed by atoms with Crippen LogP contribution in [0.5, 0.6) is 5.75 Å². The monoisotopic (exact) mass is 676 g/mol. The molecule has 12 nitrogen and oxygen atoms in total. The van der Waals surface area contributed by atoms with Gasteiger partial charge in [-0.05, 0) is 41.5 Å². The molecule has 2 aliphatic heterocycles. The summed E-state index contributed by atoms with van der Waals surface area (Å²) in [7, 11) is 0. The Bertz CT molecular complexity index is 1950. The molecule has 2 aliphatic rings. The minimum absolute atomic E-state index is 0.0460. The van der Waals surface area contributed by atoms with Crippen LogP contribution < -0.4 is 14.5 Å². The molecule has 256 valence electrons. The van der Waals surface area contributed by atoms with Gasteiger partial charge in [0.25, 0.3) is 17.5 Å². The van der Waals surface area contributed by atoms with Gasteiger partial charge in [-0.2, -0.15) is 0 Å². The number of benzene rings is 4. The number of fused-ring (bicyclic) bond motifs is 2. The van der Waals surface area contributed by atoms with E-state index in [9.17, 15) is 34.7 Å². The van der Waals surface area contributed by atoms with Crippen LogP contribution in [-0.2, 0) is 33.1 Å². The van der Waals surface area contributed by atoms with Crippen LogP contribution in [0.15, 0.2) is 109 Å². The number of carbonyl (C=O) groups excluding carboxylic acids is 3. The maximum atomic E-state index is 14.1. The van der Waals surface area contributed by atoms with E-state index in [1.807, 2.05) is 42.5 Å². The van der Waals surface area contributed by atoms with E-state index in [1.165, 1.54) is 28.0 Å². The third-order valence-electron chi connectivity index (χ3n) is 9.02. The van der Waals surface area contributed by atoms with Crippen LogP contribution in [0.2, 0.25) is 0 Å². The van der Waals surface area contributed by atoms with E-state index in [2.05, 4.69) is 0 Å². The number of nitro benzene ring substituents is 1. The first-order chi connectivity index (χ1) is 24.1. The van der Waals surface area contributed by atoms with Crippen molar-refractivity contribution in [3.05, 3.63) is 136 Å². The third-order valence-corrected chi connectivity index (χ3v) is 9.02. The van der Waals surface area contributed by atoms with Gasteiger partial charge in [0.15, 0.2) is 12.2 Å². The number of anilines is 3. The highest BCUT2D eigenvalue weighted by Gasteiger charge is 2.53. The van der Waals surface area contributed by atoms with Crippen LogP contribution in [0.1, 0.15) is 30.0 Å². The second-order valence-electron chi connectivity index (χ2n) is 12.2. The molecule has 3 amide bonds. The van der Waals surface area contributed by atoms with Gasteiger partial charge in [-0.15, -0.1) is 0 Å². The van der Waals surface area contributed by atoms with Crippen molar-refractivity contribution in [1.29, 1.82) is 0 Å². The van der Waals surface area contributed by atoms with Crippen molar-refractivity contribution >= 4 is 40.5 Å². The predicted octanol–water partition coefficient (Wildman–Crippen LogP) is 4.99. The molecule has 0 saturated heterocycles. The first-order valence-electron chi connectivity index (χ1n) is 16.2. The Hall–Kier alpha value is -5.85. The lowest BCUT2D eigenvalue weighted by molar-refractivity contribution is -0.385. The number of para-hydroxylation sites is 2. The van der Waals surface area contributed by atoms with Crippen molar-refractivity contribution in [3.8, 4) is 5.75 Å². The third kappa shape index (κ3) is 6.58. The molecule has 0 spiro atoms. The Morgan fingerprint density at radius 1 is 1.00 bits per heavy atom. The number of hydrogen-bond acceptors (Lipinski definition) is 8. The van der Waals surface area contributed by atoms with Gasteiger partial charge >= 0.3 is 0 Å². The van der Waals surface area contributed by atoms with Crippen LogP contribution in [0.25, 0.3) is 0 Å². The summed E-state index contributed by atoms with van der Waals surface area (Å²) in [6.45, 7) is 1.81. The minimum atomic E-state index is -2.15. The van der Waals surface area contributed by atoms with Crippen molar-refractivity contribution in [2.75, 3.05) is 29.6 Å². The molecule has 12 heteroatoms. The van der Waals surface area contributed by atoms with Gasteiger partial charge in [0.2, 0.25) is 5.91 Å². The smallest absolute Gasteiger partial charge is 0.269 e. The van der Waals surface area contributed by atoms with E-state index in [-0.39, 0.29) is 55.8 Å². The van der Waals surface area contributed by atoms with Crippen LogP contribution in [0, 0.1) is 16.0 Å². The Morgan fingerprint density at radius 2 is 1.72 bits per heavy atom. The van der Waals surface area contributed by atoms with Crippen molar-refractivity contribution in [1.82, 2.24) is 4.90 Å². The molecule has 2 heterocycles. The van der Waals surface area contributed by atoms with Crippen molar-refractivity contribution in [3.63, 3.8) is 0 Å². The molecular weight excluding hydrogens is 640 g/mol. The van der Waals surface area contributed by atoms with Crippen molar-refractivity contribution in [2.24, 2.45) is 5.92 Å². The van der Waals surface area contributed by atoms with Crippen LogP contribution in [0.4, 0.5) is 22.7 Å². The highest BCUT2D eigenvalue weighted by Crippen LogP contribution is 2.47. The average Bonchev–Trinajstić information content (AvgIpc) is 3.34. The number of nitrogens with zero attached hydrogens (tertiary/aromatic N) is 4. The van der Waals surface area contributed by atoms with E-state index >= 15 is 0 Å². The molecule has 0 saturated carbocycles. The molecule has 2 N–H and O–H groups in total. The Morgan fingerprint density at radius 3 is 2.44 bits per heavy atom. The summed E-state index contributed by atoms with van der Waals surface area (Å²) in [6, 6.07) is 27.6. The number of non-ortho nitro benzene ring substituents is 1. The normalized spacial score (nSPS) is 17.3. The number of aliphatic hydroxyl groups is 2. The molecule has 0 aromatic heterocycles. The fourth-order valence-electron chi connectivity index (χ4n) is 6.38. The summed E-state index contributed by atoms with van der Waals surface area (Å²) < 4.78 is 5.55. The summed E-state index contributed by atoms with van der Waals surface area (Å²) >= 11 is 0. The van der Waals surface area contributed by atoms with Gasteiger partial charge in [-0.3, -0.25) is 29.4 Å². The first kappa shape index (κ1) is 34.0. The van der Waals surface area contributed by atoms with Gasteiger partial charge in [0, 0.05) is 48.8 Å². The highest BCUT2D eigenvalue weighted by atomic mass is 16.6. The molecule has 4 aromatic rings. The molecule has 4 aromatic carbocycles. The van der Waals surface area contributed by atoms with Gasteiger partial charge in [0.05, 0.1) is 29.4 Å². The fourth-order valence-corrected chi connectivity index (χ4v) is 6.38. The topological polar surface area (TPSA) is 154 Å². The number of carbonyl (C=O) groups is 3. The number of aliphatic hydroxyl groups excluding tert-OH is 1. The summed E-state index contributed by atoms with van der Waals surface area (Å²) in [5.41, 5.74) is 0.836. The summed E-state index contributed by atoms with van der Waals surface area (Å²) in [4.78, 5) is 55.6. The summed E-state index contributed by atoms with van der Waals surface area (Å²) in [5, 5.41) is 33.3. The molecule has 0 aliphatic carbocycles. The van der Waals surface area contributed by atoms with Gasteiger partial charge in [-0.1, -0.05) is 73.7 Å². The Labute approximate surface area is 288 Å². The van der Waals surface area contributed by atoms with Crippen LogP contribution in [-0.4, -0.2) is 57.5 Å². The van der Waals surface area contributed by atoms with E-state index in [0.717, 1.165) is 5.56 Å². The molecule has 0 bridgehead atoms. The second-order valence-corrected chi connectivity index (χ2v) is 12.2. The summed E-state index contributed by atoms with van der Waals surface area (Å²) in [5.74, 6) is -1.43. The van der Waals surface area contributed by atoms with Crippen molar-refractivity contribution < 1.29 is 34.3 Å². The predicted molar refractivity (Wildman–Crippen MR) is 186 cm³/mol. The van der Waals surface area contributed by atoms with Gasteiger partial charge < -0.3 is 24.7 Å². The largest absolute Gasteiger partial charge is 0.482 e. The molecule has 0 radical (unpaired) electrons. The number of amides is 3. The number of nitro groups is 1. The zero-order valence-corrected chi connectivity index (χ0v) is 27.3. The van der Waals surface area contributed by atoms with Gasteiger partial charge in [-0.25, -0.2) is 0 Å². The number of ether oxygens (including phenoxy) is 1. The van der Waals surface area contributed by atoms with Gasteiger partial charge in [0.1, 0.15) is 5.75 Å². The molecular formula is C38H36N4O8. The molecule has 0 unspecified atom stereocenters.